The molecule has 0 unspecified atom stereocenters. The molecular formula is C12H15N5O2. The third-order valence-corrected chi connectivity index (χ3v) is 3.67. The molecule has 0 radical (unpaired) electrons. The zero-order valence-corrected chi connectivity index (χ0v) is 10.3. The first-order valence-corrected chi connectivity index (χ1v) is 6.37. The van der Waals surface area contributed by atoms with Crippen LogP contribution < -0.4 is 5.32 Å². The van der Waals surface area contributed by atoms with Gasteiger partial charge in [-0.05, 0) is 25.7 Å². The topological polar surface area (TPSA) is 104 Å². The molecule has 0 aromatic carbocycles. The van der Waals surface area contributed by atoms with E-state index in [9.17, 15) is 4.79 Å². The average Bonchev–Trinajstić information content (AvgIpc) is 2.89. The number of nitrogens with zero attached hydrogens (tertiary/aromatic N) is 3. The van der Waals surface area contributed by atoms with Crippen molar-refractivity contribution in [2.75, 3.05) is 5.32 Å². The van der Waals surface area contributed by atoms with Gasteiger partial charge >= 0.3 is 5.97 Å². The van der Waals surface area contributed by atoms with E-state index in [4.69, 9.17) is 5.11 Å². The minimum atomic E-state index is -0.683. The van der Waals surface area contributed by atoms with Gasteiger partial charge in [-0.1, -0.05) is 0 Å². The van der Waals surface area contributed by atoms with E-state index in [1.807, 2.05) is 0 Å². The van der Waals surface area contributed by atoms with Crippen molar-refractivity contribution in [1.29, 1.82) is 0 Å². The Morgan fingerprint density at radius 1 is 1.32 bits per heavy atom. The molecule has 1 fully saturated rings. The Labute approximate surface area is 109 Å². The number of hydrogen-bond acceptors (Lipinski definition) is 5. The highest BCUT2D eigenvalue weighted by Gasteiger charge is 2.26. The molecule has 2 aromatic heterocycles. The number of carboxylic acids is 1. The largest absolute Gasteiger partial charge is 0.481 e. The van der Waals surface area contributed by atoms with Gasteiger partial charge in [0.25, 0.3) is 0 Å². The van der Waals surface area contributed by atoms with Crippen LogP contribution >= 0.6 is 0 Å². The van der Waals surface area contributed by atoms with Gasteiger partial charge in [0, 0.05) is 6.04 Å². The zero-order valence-electron chi connectivity index (χ0n) is 10.3. The maximum absolute atomic E-state index is 10.9. The highest BCUT2D eigenvalue weighted by molar-refractivity contribution is 5.85. The molecule has 19 heavy (non-hydrogen) atoms. The molecule has 2 heterocycles. The Morgan fingerprint density at radius 3 is 2.84 bits per heavy atom. The Hall–Kier alpha value is -2.18. The van der Waals surface area contributed by atoms with Gasteiger partial charge < -0.3 is 10.4 Å². The van der Waals surface area contributed by atoms with E-state index in [2.05, 4.69) is 25.5 Å². The minimum absolute atomic E-state index is 0.197. The summed E-state index contributed by atoms with van der Waals surface area (Å²) >= 11 is 0. The zero-order chi connectivity index (χ0) is 13.2. The summed E-state index contributed by atoms with van der Waals surface area (Å²) in [7, 11) is 0. The summed E-state index contributed by atoms with van der Waals surface area (Å²) in [6, 6.07) is 0.267. The van der Waals surface area contributed by atoms with Crippen molar-refractivity contribution in [2.24, 2.45) is 5.92 Å². The Bertz CT molecular complexity index is 589. The van der Waals surface area contributed by atoms with Crippen molar-refractivity contribution >= 4 is 22.8 Å². The van der Waals surface area contributed by atoms with Crippen LogP contribution in [-0.2, 0) is 4.79 Å². The van der Waals surface area contributed by atoms with E-state index >= 15 is 0 Å². The number of anilines is 1. The number of aromatic nitrogens is 4. The molecule has 0 spiro atoms. The molecule has 1 aliphatic carbocycles. The van der Waals surface area contributed by atoms with Gasteiger partial charge in [0.2, 0.25) is 0 Å². The number of aromatic amines is 1. The third kappa shape index (κ3) is 2.35. The first-order valence-electron chi connectivity index (χ1n) is 6.37. The van der Waals surface area contributed by atoms with Crippen molar-refractivity contribution in [2.45, 2.75) is 31.7 Å². The number of rotatable bonds is 3. The maximum atomic E-state index is 10.9. The lowest BCUT2D eigenvalue weighted by molar-refractivity contribution is -0.142. The van der Waals surface area contributed by atoms with Crippen LogP contribution in [0.5, 0.6) is 0 Å². The molecule has 7 heteroatoms. The molecule has 3 N–H and O–H groups in total. The van der Waals surface area contributed by atoms with Gasteiger partial charge in [0.05, 0.1) is 17.5 Å². The second kappa shape index (κ2) is 4.83. The van der Waals surface area contributed by atoms with Crippen molar-refractivity contribution in [1.82, 2.24) is 20.2 Å². The number of fused-ring (bicyclic) bond motifs is 1. The van der Waals surface area contributed by atoms with Gasteiger partial charge in [0.15, 0.2) is 5.65 Å². The average molecular weight is 261 g/mol. The third-order valence-electron chi connectivity index (χ3n) is 3.67. The number of carbonyl (C=O) groups is 1. The van der Waals surface area contributed by atoms with Crippen molar-refractivity contribution < 1.29 is 9.90 Å². The Morgan fingerprint density at radius 2 is 2.11 bits per heavy atom. The van der Waals surface area contributed by atoms with Crippen LogP contribution in [0.2, 0.25) is 0 Å². The van der Waals surface area contributed by atoms with Crippen LogP contribution in [0.1, 0.15) is 25.7 Å². The number of carboxylic acid groups (broad SMARTS) is 1. The lowest BCUT2D eigenvalue weighted by Crippen LogP contribution is -2.29. The van der Waals surface area contributed by atoms with Gasteiger partial charge in [-0.15, -0.1) is 0 Å². The van der Waals surface area contributed by atoms with Crippen molar-refractivity contribution in [3.63, 3.8) is 0 Å². The standard InChI is InChI=1S/C12H15N5O2/c18-12(19)7-1-3-8(4-2-7)16-10-9-5-15-17-11(9)14-6-13-10/h5-8H,1-4H2,(H,18,19)(H2,13,14,15,16,17). The summed E-state index contributed by atoms with van der Waals surface area (Å²) < 4.78 is 0. The number of aliphatic carboxylic acids is 1. The summed E-state index contributed by atoms with van der Waals surface area (Å²) in [4.78, 5) is 19.2. The highest BCUT2D eigenvalue weighted by atomic mass is 16.4. The van der Waals surface area contributed by atoms with Crippen LogP contribution in [0.25, 0.3) is 11.0 Å². The van der Waals surface area contributed by atoms with Crippen LogP contribution in [0, 0.1) is 5.92 Å². The molecule has 3 rings (SSSR count). The molecule has 0 saturated heterocycles. The molecule has 100 valence electrons. The second-order valence-corrected chi connectivity index (χ2v) is 4.89. The number of hydrogen-bond donors (Lipinski definition) is 3. The molecule has 1 saturated carbocycles. The lowest BCUT2D eigenvalue weighted by Gasteiger charge is -2.27. The molecule has 2 aromatic rings. The molecule has 0 amide bonds. The van der Waals surface area contributed by atoms with Crippen LogP contribution in [-0.4, -0.2) is 37.3 Å². The van der Waals surface area contributed by atoms with Crippen LogP contribution in [0.4, 0.5) is 5.82 Å². The SMILES string of the molecule is O=C(O)C1CCC(Nc2ncnc3[nH]ncc23)CC1. The van der Waals surface area contributed by atoms with E-state index in [0.717, 1.165) is 24.0 Å². The first kappa shape index (κ1) is 11.9. The normalized spacial score (nSPS) is 23.4. The summed E-state index contributed by atoms with van der Waals surface area (Å²) in [6.45, 7) is 0. The maximum Gasteiger partial charge on any atom is 0.306 e. The summed E-state index contributed by atoms with van der Waals surface area (Å²) in [5.74, 6) is -0.118. The van der Waals surface area contributed by atoms with Crippen molar-refractivity contribution in [3.05, 3.63) is 12.5 Å². The summed E-state index contributed by atoms with van der Waals surface area (Å²) in [5, 5.41) is 19.9. The van der Waals surface area contributed by atoms with Crippen LogP contribution in [0.3, 0.4) is 0 Å². The second-order valence-electron chi connectivity index (χ2n) is 4.89. The predicted molar refractivity (Wildman–Crippen MR) is 68.7 cm³/mol. The van der Waals surface area contributed by atoms with E-state index in [-0.39, 0.29) is 12.0 Å². The van der Waals surface area contributed by atoms with Gasteiger partial charge in [-0.3, -0.25) is 9.89 Å². The van der Waals surface area contributed by atoms with Gasteiger partial charge in [-0.25, -0.2) is 9.97 Å². The monoisotopic (exact) mass is 261 g/mol. The predicted octanol–water partition coefficient (Wildman–Crippen LogP) is 1.41. The molecule has 0 atom stereocenters. The van der Waals surface area contributed by atoms with E-state index in [0.29, 0.717) is 18.5 Å². The minimum Gasteiger partial charge on any atom is -0.481 e. The fourth-order valence-electron chi connectivity index (χ4n) is 2.56. The quantitative estimate of drug-likeness (QED) is 0.771. The van der Waals surface area contributed by atoms with E-state index in [1.54, 1.807) is 6.20 Å². The van der Waals surface area contributed by atoms with Gasteiger partial charge in [0.1, 0.15) is 12.1 Å². The smallest absolute Gasteiger partial charge is 0.306 e. The molecule has 0 aliphatic heterocycles. The highest BCUT2D eigenvalue weighted by Crippen LogP contribution is 2.27. The number of H-pyrrole nitrogens is 1. The Balaban J connectivity index is 1.69. The fraction of sp³-hybridized carbons (Fsp3) is 0.500. The molecule has 0 bridgehead atoms. The summed E-state index contributed by atoms with van der Waals surface area (Å²) in [6.07, 6.45) is 6.31. The molecule has 1 aliphatic rings. The summed E-state index contributed by atoms with van der Waals surface area (Å²) in [5.41, 5.74) is 0.705. The van der Waals surface area contributed by atoms with Crippen LogP contribution in [0.15, 0.2) is 12.5 Å². The first-order chi connectivity index (χ1) is 9.24. The lowest BCUT2D eigenvalue weighted by atomic mass is 9.86. The van der Waals surface area contributed by atoms with Crippen molar-refractivity contribution in [3.8, 4) is 0 Å². The molecular weight excluding hydrogens is 246 g/mol. The van der Waals surface area contributed by atoms with E-state index < -0.39 is 5.97 Å². The number of nitrogens with one attached hydrogen (secondary N) is 2. The molecule has 7 nitrogen and oxygen atoms in total. The van der Waals surface area contributed by atoms with Gasteiger partial charge in [-0.2, -0.15) is 5.10 Å². The van der Waals surface area contributed by atoms with E-state index in [1.165, 1.54) is 6.33 Å². The Kier molecular flexibility index (Phi) is 3.02. The fourth-order valence-corrected chi connectivity index (χ4v) is 2.56.